The van der Waals surface area contributed by atoms with E-state index >= 15 is 0 Å². The molecule has 2 amide bonds. The van der Waals surface area contributed by atoms with E-state index in [2.05, 4.69) is 6.58 Å². The minimum atomic E-state index is -1.15. The molecular formula is C28H38N2O6. The lowest BCUT2D eigenvalue weighted by Gasteiger charge is -2.40. The van der Waals surface area contributed by atoms with Crippen molar-refractivity contribution in [3.63, 3.8) is 0 Å². The van der Waals surface area contributed by atoms with Crippen molar-refractivity contribution < 1.29 is 29.0 Å². The fraction of sp³-hybridized carbons (Fsp3) is 0.607. The second kappa shape index (κ2) is 9.98. The quantitative estimate of drug-likeness (QED) is 0.393. The highest BCUT2D eigenvalue weighted by Crippen LogP contribution is 2.63. The van der Waals surface area contributed by atoms with Gasteiger partial charge in [0.25, 0.3) is 0 Å². The number of amides is 2. The average Bonchev–Trinajstić information content (AvgIpc) is 3.41. The molecule has 1 aromatic rings. The summed E-state index contributed by atoms with van der Waals surface area (Å²) in [5.74, 6) is -2.79. The molecule has 0 radical (unpaired) electrons. The van der Waals surface area contributed by atoms with Gasteiger partial charge >= 0.3 is 5.97 Å². The number of aliphatic hydroxyl groups excluding tert-OH is 1. The van der Waals surface area contributed by atoms with Crippen LogP contribution in [-0.2, 0) is 30.4 Å². The van der Waals surface area contributed by atoms with E-state index in [1.165, 1.54) is 4.90 Å². The Balaban J connectivity index is 1.80. The van der Waals surface area contributed by atoms with Crippen molar-refractivity contribution in [3.05, 3.63) is 48.6 Å². The molecule has 6 atom stereocenters. The largest absolute Gasteiger partial charge is 0.466 e. The van der Waals surface area contributed by atoms with Crippen LogP contribution in [0.5, 0.6) is 0 Å². The number of likely N-dealkylation sites (tertiary alicyclic amines) is 1. The maximum atomic E-state index is 14.4. The smallest absolute Gasteiger partial charge is 0.312 e. The first kappa shape index (κ1) is 26.4. The van der Waals surface area contributed by atoms with Gasteiger partial charge < -0.3 is 24.4 Å². The second-order valence-electron chi connectivity index (χ2n) is 10.7. The molecule has 1 spiro atoms. The summed E-state index contributed by atoms with van der Waals surface area (Å²) in [7, 11) is 0. The Morgan fingerprint density at radius 3 is 2.58 bits per heavy atom. The molecule has 8 heteroatoms. The Morgan fingerprint density at radius 2 is 2.00 bits per heavy atom. The van der Waals surface area contributed by atoms with Crippen LogP contribution in [0, 0.1) is 17.8 Å². The highest BCUT2D eigenvalue weighted by Gasteiger charge is 2.79. The highest BCUT2D eigenvalue weighted by molar-refractivity contribution is 5.98. The summed E-state index contributed by atoms with van der Waals surface area (Å²) >= 11 is 0. The van der Waals surface area contributed by atoms with E-state index in [4.69, 9.17) is 9.47 Å². The van der Waals surface area contributed by atoms with Gasteiger partial charge in [-0.1, -0.05) is 50.3 Å². The number of hydrogen-bond acceptors (Lipinski definition) is 6. The van der Waals surface area contributed by atoms with E-state index < -0.39 is 41.1 Å². The number of esters is 1. The summed E-state index contributed by atoms with van der Waals surface area (Å²) in [5, 5.41) is 10.3. The van der Waals surface area contributed by atoms with Gasteiger partial charge in [0.15, 0.2) is 0 Å². The molecule has 8 nitrogen and oxygen atoms in total. The molecule has 1 aromatic carbocycles. The summed E-state index contributed by atoms with van der Waals surface area (Å²) in [4.78, 5) is 44.8. The number of nitrogens with zero attached hydrogens (tertiary/aromatic N) is 2. The van der Waals surface area contributed by atoms with E-state index in [9.17, 15) is 19.5 Å². The van der Waals surface area contributed by atoms with Gasteiger partial charge in [0, 0.05) is 13.1 Å². The number of carbonyl (C=O) groups is 3. The SMILES string of the molecule is C=CCN(Cc1ccccc1)C(=O)C1N([C@@H](CO)C(C)C)C(=O)[C@@H]2[C@H](C(=O)OCC)[C@]3(C)CCC12O3. The first-order valence-electron chi connectivity index (χ1n) is 12.9. The third kappa shape index (κ3) is 4.04. The molecule has 3 saturated heterocycles. The molecule has 3 aliphatic heterocycles. The molecule has 3 aliphatic rings. The average molecular weight is 499 g/mol. The number of aliphatic hydroxyl groups is 1. The van der Waals surface area contributed by atoms with Crippen molar-refractivity contribution in [2.45, 2.75) is 70.4 Å². The van der Waals surface area contributed by atoms with Gasteiger partial charge in [-0.05, 0) is 38.2 Å². The highest BCUT2D eigenvalue weighted by atomic mass is 16.6. The first-order chi connectivity index (χ1) is 17.1. The number of fused-ring (bicyclic) bond motifs is 1. The van der Waals surface area contributed by atoms with Crippen LogP contribution in [0.25, 0.3) is 0 Å². The van der Waals surface area contributed by atoms with Crippen molar-refractivity contribution in [2.75, 3.05) is 19.8 Å². The fourth-order valence-corrected chi connectivity index (χ4v) is 6.58. The van der Waals surface area contributed by atoms with Gasteiger partial charge in [-0.15, -0.1) is 6.58 Å². The molecule has 3 heterocycles. The van der Waals surface area contributed by atoms with Crippen molar-refractivity contribution >= 4 is 17.8 Å². The lowest BCUT2D eigenvalue weighted by Crippen LogP contribution is -2.59. The first-order valence-corrected chi connectivity index (χ1v) is 12.9. The Labute approximate surface area is 213 Å². The van der Waals surface area contributed by atoms with Crippen LogP contribution in [0.2, 0.25) is 0 Å². The third-order valence-electron chi connectivity index (χ3n) is 8.18. The Kier molecular flexibility index (Phi) is 7.30. The Morgan fingerprint density at radius 1 is 1.31 bits per heavy atom. The summed E-state index contributed by atoms with van der Waals surface area (Å²) in [6.07, 6.45) is 2.69. The van der Waals surface area contributed by atoms with Crippen molar-refractivity contribution in [2.24, 2.45) is 17.8 Å². The van der Waals surface area contributed by atoms with Crippen LogP contribution in [0.4, 0.5) is 0 Å². The standard InChI is InChI=1S/C28H38N2O6/c1-6-15-29(16-19-11-9-8-10-12-19)25(33)23-28-14-13-27(5,36-28)22(26(34)35-7-2)21(28)24(32)30(23)20(17-31)18(3)4/h6,8-12,18,20-23,31H,1,7,13-17H2,2-5H3/t20-,21-,22+,23?,27-,28?/m0/s1. The second-order valence-corrected chi connectivity index (χ2v) is 10.7. The van der Waals surface area contributed by atoms with Gasteiger partial charge in [-0.3, -0.25) is 14.4 Å². The Bertz CT molecular complexity index is 1010. The summed E-state index contributed by atoms with van der Waals surface area (Å²) in [6, 6.07) is 8.09. The van der Waals surface area contributed by atoms with Crippen LogP contribution >= 0.6 is 0 Å². The lowest BCUT2D eigenvalue weighted by atomic mass is 9.66. The van der Waals surface area contributed by atoms with Crippen LogP contribution in [0.3, 0.4) is 0 Å². The molecule has 0 aliphatic carbocycles. The molecule has 4 rings (SSSR count). The number of hydrogen-bond donors (Lipinski definition) is 1. The van der Waals surface area contributed by atoms with E-state index in [-0.39, 0.29) is 37.5 Å². The number of ether oxygens (including phenoxy) is 2. The van der Waals surface area contributed by atoms with Crippen LogP contribution in [0.1, 0.15) is 46.1 Å². The molecule has 2 bridgehead atoms. The van der Waals surface area contributed by atoms with E-state index in [0.717, 1.165) is 5.56 Å². The zero-order valence-corrected chi connectivity index (χ0v) is 21.7. The zero-order chi connectivity index (χ0) is 26.3. The molecule has 0 aromatic heterocycles. The van der Waals surface area contributed by atoms with Crippen molar-refractivity contribution in [3.8, 4) is 0 Å². The topological polar surface area (TPSA) is 96.4 Å². The van der Waals surface area contributed by atoms with E-state index in [1.54, 1.807) is 17.9 Å². The van der Waals surface area contributed by atoms with Gasteiger partial charge in [-0.2, -0.15) is 0 Å². The third-order valence-corrected chi connectivity index (χ3v) is 8.18. The summed E-state index contributed by atoms with van der Waals surface area (Å²) in [5.41, 5.74) is -1.08. The lowest BCUT2D eigenvalue weighted by molar-refractivity contribution is -0.162. The number of rotatable bonds is 10. The van der Waals surface area contributed by atoms with E-state index in [0.29, 0.717) is 19.4 Å². The molecule has 2 unspecified atom stereocenters. The van der Waals surface area contributed by atoms with Gasteiger partial charge in [0.2, 0.25) is 11.8 Å². The molecule has 1 N–H and O–H groups in total. The summed E-state index contributed by atoms with van der Waals surface area (Å²) in [6.45, 7) is 11.8. The van der Waals surface area contributed by atoms with Crippen LogP contribution in [-0.4, -0.2) is 75.7 Å². The molecule has 196 valence electrons. The molecule has 0 saturated carbocycles. The molecular weight excluding hydrogens is 460 g/mol. The maximum absolute atomic E-state index is 14.4. The van der Waals surface area contributed by atoms with Gasteiger partial charge in [0.05, 0.1) is 30.8 Å². The predicted molar refractivity (Wildman–Crippen MR) is 133 cm³/mol. The summed E-state index contributed by atoms with van der Waals surface area (Å²) < 4.78 is 12.0. The minimum Gasteiger partial charge on any atom is -0.466 e. The molecule has 3 fully saturated rings. The number of benzene rings is 1. The maximum Gasteiger partial charge on any atom is 0.312 e. The van der Waals surface area contributed by atoms with Gasteiger partial charge in [-0.25, -0.2) is 0 Å². The Hall–Kier alpha value is -2.71. The minimum absolute atomic E-state index is 0.111. The number of carbonyl (C=O) groups excluding carboxylic acids is 3. The van der Waals surface area contributed by atoms with Crippen LogP contribution in [0.15, 0.2) is 43.0 Å². The zero-order valence-electron chi connectivity index (χ0n) is 21.7. The monoisotopic (exact) mass is 498 g/mol. The fourth-order valence-electron chi connectivity index (χ4n) is 6.58. The van der Waals surface area contributed by atoms with Crippen molar-refractivity contribution in [1.29, 1.82) is 0 Å². The predicted octanol–water partition coefficient (Wildman–Crippen LogP) is 2.55. The van der Waals surface area contributed by atoms with E-state index in [1.807, 2.05) is 51.1 Å². The normalized spacial score (nSPS) is 31.4. The van der Waals surface area contributed by atoms with Gasteiger partial charge in [0.1, 0.15) is 17.6 Å². The van der Waals surface area contributed by atoms with Crippen molar-refractivity contribution in [1.82, 2.24) is 9.80 Å². The van der Waals surface area contributed by atoms with Crippen LogP contribution < -0.4 is 0 Å². The molecule has 36 heavy (non-hydrogen) atoms.